The van der Waals surface area contributed by atoms with Crippen molar-refractivity contribution in [3.05, 3.63) is 77.3 Å². The fraction of sp³-hybridized carbons (Fsp3) is 0.130. The SMILES string of the molecule is O=C1CCc2cc(OCC(=O)Nc3ccccc3Oc3ccccc3Cl)ccc2N1. The van der Waals surface area contributed by atoms with Crippen LogP contribution in [0.1, 0.15) is 12.0 Å². The van der Waals surface area contributed by atoms with E-state index in [4.69, 9.17) is 21.1 Å². The van der Waals surface area contributed by atoms with Crippen LogP contribution in [-0.2, 0) is 16.0 Å². The fourth-order valence-electron chi connectivity index (χ4n) is 3.09. The summed E-state index contributed by atoms with van der Waals surface area (Å²) < 4.78 is 11.5. The van der Waals surface area contributed by atoms with Gasteiger partial charge < -0.3 is 20.1 Å². The molecule has 1 aliphatic heterocycles. The number of fused-ring (bicyclic) bond motifs is 1. The molecule has 7 heteroatoms. The smallest absolute Gasteiger partial charge is 0.262 e. The lowest BCUT2D eigenvalue weighted by atomic mass is 10.0. The highest BCUT2D eigenvalue weighted by Gasteiger charge is 2.16. The summed E-state index contributed by atoms with van der Waals surface area (Å²) in [6, 6.07) is 19.6. The molecule has 0 unspecified atom stereocenters. The number of hydrogen-bond acceptors (Lipinski definition) is 4. The second kappa shape index (κ2) is 8.88. The number of nitrogens with one attached hydrogen (secondary N) is 2. The number of ether oxygens (including phenoxy) is 2. The van der Waals surface area contributed by atoms with E-state index in [9.17, 15) is 9.59 Å². The van der Waals surface area contributed by atoms with Gasteiger partial charge in [0.15, 0.2) is 12.4 Å². The van der Waals surface area contributed by atoms with Gasteiger partial charge in [0.1, 0.15) is 11.5 Å². The summed E-state index contributed by atoms with van der Waals surface area (Å²) in [5, 5.41) is 6.09. The Balaban J connectivity index is 1.39. The molecular weight excluding hydrogens is 404 g/mol. The van der Waals surface area contributed by atoms with E-state index < -0.39 is 0 Å². The van der Waals surface area contributed by atoms with Crippen molar-refractivity contribution in [3.8, 4) is 17.2 Å². The zero-order valence-electron chi connectivity index (χ0n) is 16.0. The van der Waals surface area contributed by atoms with Gasteiger partial charge in [0, 0.05) is 12.1 Å². The maximum absolute atomic E-state index is 12.4. The number of aryl methyl sites for hydroxylation is 1. The normalized spacial score (nSPS) is 12.5. The van der Waals surface area contributed by atoms with Gasteiger partial charge in [-0.3, -0.25) is 9.59 Å². The summed E-state index contributed by atoms with van der Waals surface area (Å²) in [4.78, 5) is 23.9. The molecule has 0 saturated carbocycles. The fourth-order valence-corrected chi connectivity index (χ4v) is 3.26. The number of amides is 2. The van der Waals surface area contributed by atoms with Crippen molar-refractivity contribution >= 4 is 34.8 Å². The molecular formula is C23H19ClN2O4. The first kappa shape index (κ1) is 19.8. The van der Waals surface area contributed by atoms with Gasteiger partial charge in [-0.05, 0) is 54.4 Å². The highest BCUT2D eigenvalue weighted by atomic mass is 35.5. The number of rotatable bonds is 6. The summed E-state index contributed by atoms with van der Waals surface area (Å²) >= 11 is 6.15. The Labute approximate surface area is 178 Å². The maximum atomic E-state index is 12.4. The van der Waals surface area contributed by atoms with Crippen LogP contribution in [0.25, 0.3) is 0 Å². The van der Waals surface area contributed by atoms with E-state index in [-0.39, 0.29) is 18.4 Å². The lowest BCUT2D eigenvalue weighted by Gasteiger charge is -2.17. The molecule has 2 amide bonds. The lowest BCUT2D eigenvalue weighted by molar-refractivity contribution is -0.118. The minimum atomic E-state index is -0.323. The summed E-state index contributed by atoms with van der Waals surface area (Å²) in [6.07, 6.45) is 1.09. The Hall–Kier alpha value is -3.51. The topological polar surface area (TPSA) is 76.7 Å². The van der Waals surface area contributed by atoms with Gasteiger partial charge in [0.25, 0.3) is 5.91 Å². The number of carbonyl (C=O) groups excluding carboxylic acids is 2. The van der Waals surface area contributed by atoms with E-state index in [1.807, 2.05) is 24.3 Å². The van der Waals surface area contributed by atoms with E-state index in [1.165, 1.54) is 0 Å². The predicted octanol–water partition coefficient (Wildman–Crippen LogP) is 5.03. The minimum absolute atomic E-state index is 0.00761. The van der Waals surface area contributed by atoms with Crippen molar-refractivity contribution in [1.82, 2.24) is 0 Å². The number of benzene rings is 3. The molecule has 4 rings (SSSR count). The second-order valence-corrected chi connectivity index (χ2v) is 7.14. The van der Waals surface area contributed by atoms with Crippen LogP contribution in [0.2, 0.25) is 5.02 Å². The minimum Gasteiger partial charge on any atom is -0.484 e. The molecule has 0 fully saturated rings. The largest absolute Gasteiger partial charge is 0.484 e. The quantitative estimate of drug-likeness (QED) is 0.583. The number of hydrogen-bond donors (Lipinski definition) is 2. The third kappa shape index (κ3) is 4.72. The maximum Gasteiger partial charge on any atom is 0.262 e. The highest BCUT2D eigenvalue weighted by Crippen LogP contribution is 2.33. The molecule has 0 radical (unpaired) electrons. The van der Waals surface area contributed by atoms with Gasteiger partial charge in [0.05, 0.1) is 10.7 Å². The summed E-state index contributed by atoms with van der Waals surface area (Å²) in [6.45, 7) is -0.161. The monoisotopic (exact) mass is 422 g/mol. The summed E-state index contributed by atoms with van der Waals surface area (Å²) in [5.74, 6) is 1.23. The Morgan fingerprint density at radius 1 is 1.00 bits per heavy atom. The lowest BCUT2D eigenvalue weighted by Crippen LogP contribution is -2.21. The first-order valence-electron chi connectivity index (χ1n) is 9.45. The van der Waals surface area contributed by atoms with Gasteiger partial charge in [-0.15, -0.1) is 0 Å². The van der Waals surface area contributed by atoms with Crippen LogP contribution in [0.5, 0.6) is 17.2 Å². The zero-order valence-corrected chi connectivity index (χ0v) is 16.7. The van der Waals surface area contributed by atoms with E-state index in [0.29, 0.717) is 40.8 Å². The first-order valence-corrected chi connectivity index (χ1v) is 9.83. The molecule has 30 heavy (non-hydrogen) atoms. The molecule has 0 aliphatic carbocycles. The first-order chi connectivity index (χ1) is 14.6. The molecule has 1 heterocycles. The van der Waals surface area contributed by atoms with Gasteiger partial charge in [-0.25, -0.2) is 0 Å². The van der Waals surface area contributed by atoms with Crippen molar-refractivity contribution in [2.24, 2.45) is 0 Å². The van der Waals surface area contributed by atoms with Gasteiger partial charge in [-0.1, -0.05) is 35.9 Å². The van der Waals surface area contributed by atoms with Crippen LogP contribution in [0, 0.1) is 0 Å². The van der Waals surface area contributed by atoms with E-state index in [1.54, 1.807) is 42.5 Å². The molecule has 2 N–H and O–H groups in total. The number of halogens is 1. The van der Waals surface area contributed by atoms with Crippen molar-refractivity contribution in [1.29, 1.82) is 0 Å². The van der Waals surface area contributed by atoms with E-state index in [2.05, 4.69) is 10.6 Å². The van der Waals surface area contributed by atoms with Crippen molar-refractivity contribution in [2.75, 3.05) is 17.2 Å². The van der Waals surface area contributed by atoms with Crippen LogP contribution in [0.3, 0.4) is 0 Å². The number of anilines is 2. The van der Waals surface area contributed by atoms with Crippen molar-refractivity contribution in [2.45, 2.75) is 12.8 Å². The average Bonchev–Trinajstić information content (AvgIpc) is 2.75. The van der Waals surface area contributed by atoms with Crippen LogP contribution >= 0.6 is 11.6 Å². The molecule has 0 spiro atoms. The molecule has 0 saturated heterocycles. The Bertz CT molecular complexity index is 1100. The average molecular weight is 423 g/mol. The predicted molar refractivity (Wildman–Crippen MR) is 115 cm³/mol. The van der Waals surface area contributed by atoms with E-state index in [0.717, 1.165) is 11.3 Å². The third-order valence-corrected chi connectivity index (χ3v) is 4.87. The Morgan fingerprint density at radius 2 is 1.77 bits per heavy atom. The molecule has 3 aromatic carbocycles. The molecule has 0 aromatic heterocycles. The summed E-state index contributed by atoms with van der Waals surface area (Å²) in [5.41, 5.74) is 2.29. The standard InChI is InChI=1S/C23H19ClN2O4/c24-17-5-1-3-7-20(17)30-21-8-4-2-6-19(21)26-23(28)14-29-16-10-11-18-15(13-16)9-12-22(27)25-18/h1-8,10-11,13H,9,12,14H2,(H,25,27)(H,26,28). The van der Waals surface area contributed by atoms with Crippen molar-refractivity contribution < 1.29 is 19.1 Å². The van der Waals surface area contributed by atoms with E-state index >= 15 is 0 Å². The zero-order chi connectivity index (χ0) is 20.9. The van der Waals surface area contributed by atoms with Crippen molar-refractivity contribution in [3.63, 3.8) is 0 Å². The molecule has 152 valence electrons. The third-order valence-electron chi connectivity index (χ3n) is 4.56. The van der Waals surface area contributed by atoms with Crippen LogP contribution in [-0.4, -0.2) is 18.4 Å². The Kier molecular flexibility index (Phi) is 5.86. The summed E-state index contributed by atoms with van der Waals surface area (Å²) in [7, 11) is 0. The van der Waals surface area contributed by atoms with Gasteiger partial charge >= 0.3 is 0 Å². The molecule has 1 aliphatic rings. The Morgan fingerprint density at radius 3 is 2.60 bits per heavy atom. The van der Waals surface area contributed by atoms with Gasteiger partial charge in [-0.2, -0.15) is 0 Å². The number of para-hydroxylation sites is 3. The molecule has 0 atom stereocenters. The number of carbonyl (C=O) groups is 2. The molecule has 0 bridgehead atoms. The second-order valence-electron chi connectivity index (χ2n) is 6.73. The molecule has 6 nitrogen and oxygen atoms in total. The van der Waals surface area contributed by atoms with Crippen LogP contribution in [0.4, 0.5) is 11.4 Å². The van der Waals surface area contributed by atoms with Crippen LogP contribution < -0.4 is 20.1 Å². The molecule has 3 aromatic rings. The van der Waals surface area contributed by atoms with Gasteiger partial charge in [0.2, 0.25) is 5.91 Å². The van der Waals surface area contributed by atoms with Crippen LogP contribution in [0.15, 0.2) is 66.7 Å². The highest BCUT2D eigenvalue weighted by molar-refractivity contribution is 6.32.